The predicted octanol–water partition coefficient (Wildman–Crippen LogP) is 4.43. The average Bonchev–Trinajstić information content (AvgIpc) is 3.37. The van der Waals surface area contributed by atoms with E-state index in [4.69, 9.17) is 38.0 Å². The zero-order valence-electron chi connectivity index (χ0n) is 16.5. The number of ether oxygens (including phenoxy) is 1. The number of carboxylic acids is 1. The van der Waals surface area contributed by atoms with Crippen molar-refractivity contribution in [2.24, 2.45) is 5.92 Å². The fraction of sp³-hybridized carbons (Fsp3) is 0.381. The zero-order chi connectivity index (χ0) is 21.3. The Morgan fingerprint density at radius 2 is 2.20 bits per heavy atom. The molecule has 158 valence electrons. The van der Waals surface area contributed by atoms with E-state index >= 15 is 0 Å². The van der Waals surface area contributed by atoms with E-state index in [1.165, 1.54) is 0 Å². The standard InChI is InChI=1S/C21H22Cl2N4O3/c1-13-8-14(11-30-7-4-19(28)29)27(10-13)18-9-17(26-6-5-24-12-26)15-2-3-16(22)20(23)21(15)25-18/h2-3,5-6,9,12-14H,4,7-8,10-11H2,1H3,(H,28,29)/t13-,14+/m1/s1. The molecule has 4 rings (SSSR count). The van der Waals surface area contributed by atoms with Crippen LogP contribution < -0.4 is 4.90 Å². The average molecular weight is 449 g/mol. The van der Waals surface area contributed by atoms with Crippen LogP contribution in [0.1, 0.15) is 19.8 Å². The normalized spacial score (nSPS) is 19.0. The number of hydrogen-bond donors (Lipinski definition) is 1. The summed E-state index contributed by atoms with van der Waals surface area (Å²) >= 11 is 12.8. The number of imidazole rings is 1. The summed E-state index contributed by atoms with van der Waals surface area (Å²) in [6.07, 6.45) is 6.27. The highest BCUT2D eigenvalue weighted by atomic mass is 35.5. The number of aromatic nitrogens is 3. The number of carbonyl (C=O) groups is 1. The van der Waals surface area contributed by atoms with Crippen molar-refractivity contribution in [3.8, 4) is 5.69 Å². The molecule has 1 aliphatic rings. The summed E-state index contributed by atoms with van der Waals surface area (Å²) in [5, 5.41) is 10.6. The minimum absolute atomic E-state index is 0.00458. The van der Waals surface area contributed by atoms with Gasteiger partial charge in [-0.3, -0.25) is 4.79 Å². The number of nitrogens with zero attached hydrogens (tertiary/aromatic N) is 4. The first-order valence-electron chi connectivity index (χ1n) is 9.77. The summed E-state index contributed by atoms with van der Waals surface area (Å²) in [7, 11) is 0. The van der Waals surface area contributed by atoms with Crippen molar-refractivity contribution in [1.29, 1.82) is 0 Å². The third kappa shape index (κ3) is 4.24. The topological polar surface area (TPSA) is 80.5 Å². The summed E-state index contributed by atoms with van der Waals surface area (Å²) in [4.78, 5) is 22.0. The molecular weight excluding hydrogens is 427 g/mol. The zero-order valence-corrected chi connectivity index (χ0v) is 18.0. The maximum Gasteiger partial charge on any atom is 0.305 e. The van der Waals surface area contributed by atoms with E-state index < -0.39 is 5.97 Å². The maximum atomic E-state index is 10.7. The Labute approximate surface area is 184 Å². The first kappa shape index (κ1) is 20.9. The highest BCUT2D eigenvalue weighted by molar-refractivity contribution is 6.45. The highest BCUT2D eigenvalue weighted by Gasteiger charge is 2.31. The van der Waals surface area contributed by atoms with Gasteiger partial charge in [-0.2, -0.15) is 0 Å². The summed E-state index contributed by atoms with van der Waals surface area (Å²) < 4.78 is 7.57. The largest absolute Gasteiger partial charge is 0.481 e. The SMILES string of the molecule is C[C@@H]1C[C@@H](COCCC(=O)O)N(c2cc(-n3ccnc3)c3ccc(Cl)c(Cl)c3n2)C1. The fourth-order valence-corrected chi connectivity index (χ4v) is 4.29. The molecule has 1 fully saturated rings. The Kier molecular flexibility index (Phi) is 6.13. The third-order valence-electron chi connectivity index (χ3n) is 5.31. The van der Waals surface area contributed by atoms with E-state index in [1.54, 1.807) is 18.6 Å². The number of rotatable bonds is 7. The lowest BCUT2D eigenvalue weighted by Crippen LogP contribution is -2.34. The number of fused-ring (bicyclic) bond motifs is 1. The minimum Gasteiger partial charge on any atom is -0.481 e. The highest BCUT2D eigenvalue weighted by Crippen LogP contribution is 2.37. The Balaban J connectivity index is 1.72. The summed E-state index contributed by atoms with van der Waals surface area (Å²) in [5.74, 6) is 0.382. The number of anilines is 1. The van der Waals surface area contributed by atoms with Crippen LogP contribution in [-0.2, 0) is 9.53 Å². The lowest BCUT2D eigenvalue weighted by atomic mass is 10.1. The van der Waals surface area contributed by atoms with Crippen molar-refractivity contribution in [2.75, 3.05) is 24.7 Å². The van der Waals surface area contributed by atoms with Gasteiger partial charge in [-0.25, -0.2) is 9.97 Å². The summed E-state index contributed by atoms with van der Waals surface area (Å²) in [6, 6.07) is 5.81. The maximum absolute atomic E-state index is 10.7. The van der Waals surface area contributed by atoms with E-state index in [0.717, 1.165) is 29.9 Å². The molecule has 9 heteroatoms. The molecule has 2 atom stereocenters. The van der Waals surface area contributed by atoms with Gasteiger partial charge in [-0.1, -0.05) is 30.1 Å². The quantitative estimate of drug-likeness (QED) is 0.538. The monoisotopic (exact) mass is 448 g/mol. The smallest absolute Gasteiger partial charge is 0.305 e. The van der Waals surface area contributed by atoms with Gasteiger partial charge < -0.3 is 19.3 Å². The molecule has 2 aromatic heterocycles. The van der Waals surface area contributed by atoms with E-state index in [2.05, 4.69) is 16.8 Å². The van der Waals surface area contributed by atoms with Crippen molar-refractivity contribution in [1.82, 2.24) is 14.5 Å². The molecule has 3 heterocycles. The van der Waals surface area contributed by atoms with Gasteiger partial charge in [0.15, 0.2) is 0 Å². The van der Waals surface area contributed by atoms with Crippen molar-refractivity contribution >= 4 is 45.9 Å². The molecule has 0 bridgehead atoms. The second-order valence-electron chi connectivity index (χ2n) is 7.59. The molecule has 0 spiro atoms. The van der Waals surface area contributed by atoms with Crippen LogP contribution >= 0.6 is 23.2 Å². The van der Waals surface area contributed by atoms with Crippen molar-refractivity contribution < 1.29 is 14.6 Å². The summed E-state index contributed by atoms with van der Waals surface area (Å²) in [5.41, 5.74) is 1.55. The Morgan fingerprint density at radius 1 is 1.37 bits per heavy atom. The molecule has 30 heavy (non-hydrogen) atoms. The van der Waals surface area contributed by atoms with Crippen LogP contribution in [0.25, 0.3) is 16.6 Å². The number of benzene rings is 1. The molecule has 3 aromatic rings. The number of pyridine rings is 1. The second-order valence-corrected chi connectivity index (χ2v) is 8.38. The minimum atomic E-state index is -0.862. The van der Waals surface area contributed by atoms with Crippen LogP contribution in [0.4, 0.5) is 5.82 Å². The number of hydrogen-bond acceptors (Lipinski definition) is 5. The third-order valence-corrected chi connectivity index (χ3v) is 6.10. The molecule has 1 aromatic carbocycles. The fourth-order valence-electron chi connectivity index (χ4n) is 3.93. The van der Waals surface area contributed by atoms with Crippen molar-refractivity contribution in [3.63, 3.8) is 0 Å². The van der Waals surface area contributed by atoms with Gasteiger partial charge in [0.05, 0.1) is 53.3 Å². The van der Waals surface area contributed by atoms with Gasteiger partial charge in [-0.15, -0.1) is 0 Å². The molecule has 1 saturated heterocycles. The molecule has 7 nitrogen and oxygen atoms in total. The summed E-state index contributed by atoms with van der Waals surface area (Å²) in [6.45, 7) is 3.65. The van der Waals surface area contributed by atoms with Gasteiger partial charge in [-0.05, 0) is 24.5 Å². The number of carboxylic acid groups (broad SMARTS) is 1. The van der Waals surface area contributed by atoms with E-state index in [9.17, 15) is 4.79 Å². The van der Waals surface area contributed by atoms with E-state index in [0.29, 0.717) is 28.1 Å². The van der Waals surface area contributed by atoms with Crippen LogP contribution in [0.2, 0.25) is 10.0 Å². The molecule has 0 saturated carbocycles. The molecule has 0 radical (unpaired) electrons. The van der Waals surface area contributed by atoms with E-state index in [1.807, 2.05) is 22.9 Å². The lowest BCUT2D eigenvalue weighted by Gasteiger charge is -2.27. The molecular formula is C21H22Cl2N4O3. The first-order chi connectivity index (χ1) is 14.4. The Bertz CT molecular complexity index is 1060. The van der Waals surface area contributed by atoms with Gasteiger partial charge in [0.25, 0.3) is 0 Å². The van der Waals surface area contributed by atoms with Crippen LogP contribution in [0, 0.1) is 5.92 Å². The second kappa shape index (κ2) is 8.79. The Morgan fingerprint density at radius 3 is 2.93 bits per heavy atom. The van der Waals surface area contributed by atoms with E-state index in [-0.39, 0.29) is 19.1 Å². The van der Waals surface area contributed by atoms with Gasteiger partial charge in [0.1, 0.15) is 5.82 Å². The molecule has 0 aliphatic carbocycles. The van der Waals surface area contributed by atoms with Crippen molar-refractivity contribution in [2.45, 2.75) is 25.8 Å². The lowest BCUT2D eigenvalue weighted by molar-refractivity contribution is -0.138. The van der Waals surface area contributed by atoms with Crippen LogP contribution in [-0.4, -0.2) is 51.4 Å². The van der Waals surface area contributed by atoms with Gasteiger partial charge >= 0.3 is 5.97 Å². The first-order valence-corrected chi connectivity index (χ1v) is 10.5. The van der Waals surface area contributed by atoms with Gasteiger partial charge in [0, 0.05) is 30.4 Å². The van der Waals surface area contributed by atoms with Gasteiger partial charge in [0.2, 0.25) is 0 Å². The Hall–Kier alpha value is -2.35. The number of aliphatic carboxylic acids is 1. The van der Waals surface area contributed by atoms with Crippen molar-refractivity contribution in [3.05, 3.63) is 47.0 Å². The molecule has 0 amide bonds. The van der Waals surface area contributed by atoms with Crippen LogP contribution in [0.15, 0.2) is 36.9 Å². The molecule has 1 N–H and O–H groups in total. The molecule has 1 aliphatic heterocycles. The van der Waals surface area contributed by atoms with Crippen LogP contribution in [0.5, 0.6) is 0 Å². The molecule has 0 unspecified atom stereocenters. The predicted molar refractivity (Wildman–Crippen MR) is 117 cm³/mol. The number of halogens is 2. The van der Waals surface area contributed by atoms with Crippen LogP contribution in [0.3, 0.4) is 0 Å².